The lowest BCUT2D eigenvalue weighted by Crippen LogP contribution is -2.32. The number of hydrogen-bond donors (Lipinski definition) is 1. The molecule has 1 aliphatic rings. The quantitative estimate of drug-likeness (QED) is 0.869. The topological polar surface area (TPSA) is 79.7 Å². The van der Waals surface area contributed by atoms with Gasteiger partial charge in [0.1, 0.15) is 0 Å². The largest absolute Gasteiger partial charge is 0.326 e. The number of tetrazole rings is 1. The number of rotatable bonds is 4. The highest BCUT2D eigenvalue weighted by atomic mass is 16.1. The third-order valence-electron chi connectivity index (χ3n) is 3.58. The second-order valence-electron chi connectivity index (χ2n) is 5.11. The second-order valence-corrected chi connectivity index (χ2v) is 5.11. The molecule has 0 radical (unpaired) electrons. The van der Waals surface area contributed by atoms with Crippen molar-refractivity contribution < 1.29 is 0 Å². The Labute approximate surface area is 116 Å². The van der Waals surface area contributed by atoms with Crippen LogP contribution in [0.2, 0.25) is 0 Å². The summed E-state index contributed by atoms with van der Waals surface area (Å²) in [5.41, 5.74) is 2.22. The van der Waals surface area contributed by atoms with Gasteiger partial charge in [0.2, 0.25) is 5.56 Å². The van der Waals surface area contributed by atoms with Gasteiger partial charge in [-0.3, -0.25) is 9.69 Å². The van der Waals surface area contributed by atoms with E-state index in [0.717, 1.165) is 50.5 Å². The summed E-state index contributed by atoms with van der Waals surface area (Å²) in [7, 11) is 0. The van der Waals surface area contributed by atoms with Gasteiger partial charge in [0.15, 0.2) is 5.82 Å². The molecule has 106 valence electrons. The van der Waals surface area contributed by atoms with Gasteiger partial charge in [-0.2, -0.15) is 0 Å². The van der Waals surface area contributed by atoms with Gasteiger partial charge in [-0.1, -0.05) is 13.0 Å². The summed E-state index contributed by atoms with van der Waals surface area (Å²) in [4.78, 5) is 16.5. The SMILES string of the molecule is CCCn1nnnc1CN1CCc2[nH]c(=O)ccc2C1. The Kier molecular flexibility index (Phi) is 3.60. The molecule has 0 atom stereocenters. The molecule has 0 aliphatic carbocycles. The van der Waals surface area contributed by atoms with Crippen LogP contribution >= 0.6 is 0 Å². The molecule has 1 N–H and O–H groups in total. The monoisotopic (exact) mass is 274 g/mol. The van der Waals surface area contributed by atoms with Gasteiger partial charge in [-0.15, -0.1) is 5.10 Å². The van der Waals surface area contributed by atoms with E-state index in [1.165, 1.54) is 5.56 Å². The van der Waals surface area contributed by atoms with Gasteiger partial charge in [0, 0.05) is 37.8 Å². The minimum Gasteiger partial charge on any atom is -0.326 e. The van der Waals surface area contributed by atoms with Crippen molar-refractivity contribution in [2.75, 3.05) is 6.54 Å². The molecule has 0 fully saturated rings. The number of pyridine rings is 1. The number of hydrogen-bond acceptors (Lipinski definition) is 5. The van der Waals surface area contributed by atoms with E-state index in [4.69, 9.17) is 0 Å². The standard InChI is InChI=1S/C13H18N6O/c1-2-6-19-12(15-16-17-19)9-18-7-5-11-10(8-18)3-4-13(20)14-11/h3-4H,2,5-9H2,1H3,(H,14,20). The normalized spacial score (nSPS) is 15.2. The fourth-order valence-corrected chi connectivity index (χ4v) is 2.57. The molecule has 20 heavy (non-hydrogen) atoms. The summed E-state index contributed by atoms with van der Waals surface area (Å²) in [6.45, 7) is 5.43. The summed E-state index contributed by atoms with van der Waals surface area (Å²) in [6, 6.07) is 3.50. The van der Waals surface area contributed by atoms with E-state index in [9.17, 15) is 4.79 Å². The van der Waals surface area contributed by atoms with E-state index in [-0.39, 0.29) is 5.56 Å². The number of aryl methyl sites for hydroxylation is 1. The summed E-state index contributed by atoms with van der Waals surface area (Å²) in [6.07, 6.45) is 1.88. The van der Waals surface area contributed by atoms with Gasteiger partial charge < -0.3 is 4.98 Å². The lowest BCUT2D eigenvalue weighted by Gasteiger charge is -2.27. The van der Waals surface area contributed by atoms with E-state index < -0.39 is 0 Å². The van der Waals surface area contributed by atoms with Gasteiger partial charge >= 0.3 is 0 Å². The van der Waals surface area contributed by atoms with Gasteiger partial charge in [0.25, 0.3) is 0 Å². The van der Waals surface area contributed by atoms with Crippen molar-refractivity contribution in [1.29, 1.82) is 0 Å². The van der Waals surface area contributed by atoms with Crippen LogP contribution in [0, 0.1) is 0 Å². The van der Waals surface area contributed by atoms with Gasteiger partial charge in [-0.25, -0.2) is 4.68 Å². The predicted octanol–water partition coefficient (Wildman–Crippen LogP) is 0.330. The maximum atomic E-state index is 11.3. The van der Waals surface area contributed by atoms with E-state index in [2.05, 4.69) is 32.3 Å². The number of nitrogens with zero attached hydrogens (tertiary/aromatic N) is 5. The molecule has 2 aromatic heterocycles. The van der Waals surface area contributed by atoms with Crippen molar-refractivity contribution in [1.82, 2.24) is 30.1 Å². The molecule has 0 amide bonds. The predicted molar refractivity (Wildman–Crippen MR) is 73.0 cm³/mol. The van der Waals surface area contributed by atoms with Crippen LogP contribution < -0.4 is 5.56 Å². The highest BCUT2D eigenvalue weighted by Crippen LogP contribution is 2.16. The average molecular weight is 274 g/mol. The molecule has 1 aliphatic heterocycles. The average Bonchev–Trinajstić information content (AvgIpc) is 2.87. The zero-order valence-corrected chi connectivity index (χ0v) is 11.5. The summed E-state index contributed by atoms with van der Waals surface area (Å²) < 4.78 is 1.86. The zero-order chi connectivity index (χ0) is 13.9. The lowest BCUT2D eigenvalue weighted by atomic mass is 10.1. The molecule has 7 nitrogen and oxygen atoms in total. The molecule has 0 bridgehead atoms. The highest BCUT2D eigenvalue weighted by molar-refractivity contribution is 5.22. The molecular weight excluding hydrogens is 256 g/mol. The third kappa shape index (κ3) is 2.62. The van der Waals surface area contributed by atoms with Crippen LogP contribution in [0.25, 0.3) is 0 Å². The van der Waals surface area contributed by atoms with E-state index in [1.807, 2.05) is 10.7 Å². The van der Waals surface area contributed by atoms with Crippen molar-refractivity contribution in [3.05, 3.63) is 39.6 Å². The first kappa shape index (κ1) is 13.0. The molecule has 0 aromatic carbocycles. The molecule has 2 aromatic rings. The Morgan fingerprint density at radius 2 is 2.30 bits per heavy atom. The first-order chi connectivity index (χ1) is 9.76. The van der Waals surface area contributed by atoms with Crippen LogP contribution in [0.15, 0.2) is 16.9 Å². The van der Waals surface area contributed by atoms with Crippen molar-refractivity contribution >= 4 is 0 Å². The van der Waals surface area contributed by atoms with Crippen molar-refractivity contribution in [2.45, 2.75) is 39.4 Å². The van der Waals surface area contributed by atoms with Crippen LogP contribution in [0.3, 0.4) is 0 Å². The summed E-state index contributed by atoms with van der Waals surface area (Å²) in [5.74, 6) is 0.903. The minimum absolute atomic E-state index is 0.0240. The van der Waals surface area contributed by atoms with Crippen LogP contribution in [-0.2, 0) is 26.1 Å². The van der Waals surface area contributed by atoms with Crippen LogP contribution in [0.1, 0.15) is 30.4 Å². The number of aromatic amines is 1. The lowest BCUT2D eigenvalue weighted by molar-refractivity contribution is 0.232. The number of H-pyrrole nitrogens is 1. The molecule has 0 spiro atoms. The van der Waals surface area contributed by atoms with Gasteiger partial charge in [0.05, 0.1) is 6.54 Å². The Bertz CT molecular complexity index is 646. The summed E-state index contributed by atoms with van der Waals surface area (Å²) >= 11 is 0. The third-order valence-corrected chi connectivity index (χ3v) is 3.58. The van der Waals surface area contributed by atoms with E-state index >= 15 is 0 Å². The number of aromatic nitrogens is 5. The molecule has 3 heterocycles. The maximum absolute atomic E-state index is 11.3. The fraction of sp³-hybridized carbons (Fsp3) is 0.538. The van der Waals surface area contributed by atoms with E-state index in [1.54, 1.807) is 6.07 Å². The fourth-order valence-electron chi connectivity index (χ4n) is 2.57. The summed E-state index contributed by atoms with van der Waals surface area (Å²) in [5, 5.41) is 11.9. The van der Waals surface area contributed by atoms with Crippen LogP contribution in [-0.4, -0.2) is 36.6 Å². The highest BCUT2D eigenvalue weighted by Gasteiger charge is 2.19. The molecular formula is C13H18N6O. The number of fused-ring (bicyclic) bond motifs is 1. The molecule has 3 rings (SSSR count). The first-order valence-electron chi connectivity index (χ1n) is 6.94. The van der Waals surface area contributed by atoms with Crippen LogP contribution in [0.5, 0.6) is 0 Å². The van der Waals surface area contributed by atoms with Gasteiger partial charge in [-0.05, 0) is 22.4 Å². The first-order valence-corrected chi connectivity index (χ1v) is 6.94. The minimum atomic E-state index is -0.0240. The van der Waals surface area contributed by atoms with E-state index in [0.29, 0.717) is 0 Å². The van der Waals surface area contributed by atoms with Crippen LogP contribution in [0.4, 0.5) is 0 Å². The maximum Gasteiger partial charge on any atom is 0.248 e. The Morgan fingerprint density at radius 1 is 1.40 bits per heavy atom. The number of nitrogens with one attached hydrogen (secondary N) is 1. The van der Waals surface area contributed by atoms with Crippen molar-refractivity contribution in [3.63, 3.8) is 0 Å². The van der Waals surface area contributed by atoms with Crippen molar-refractivity contribution in [3.8, 4) is 0 Å². The van der Waals surface area contributed by atoms with Crippen molar-refractivity contribution in [2.24, 2.45) is 0 Å². The molecule has 0 unspecified atom stereocenters. The molecule has 0 saturated heterocycles. The molecule has 7 heteroatoms. The Hall–Kier alpha value is -2.02. The second kappa shape index (κ2) is 5.54. The zero-order valence-electron chi connectivity index (χ0n) is 11.5. The smallest absolute Gasteiger partial charge is 0.248 e. The molecule has 0 saturated carbocycles. The Balaban J connectivity index is 1.72. The Morgan fingerprint density at radius 3 is 3.15 bits per heavy atom.